The highest BCUT2D eigenvalue weighted by Gasteiger charge is 2.29. The van der Waals surface area contributed by atoms with E-state index in [4.69, 9.17) is 9.72 Å². The van der Waals surface area contributed by atoms with Crippen LogP contribution in [0, 0.1) is 12.8 Å². The van der Waals surface area contributed by atoms with Crippen molar-refractivity contribution < 1.29 is 4.74 Å². The van der Waals surface area contributed by atoms with Gasteiger partial charge in [0, 0.05) is 49.1 Å². The van der Waals surface area contributed by atoms with Crippen molar-refractivity contribution in [1.82, 2.24) is 15.0 Å². The minimum Gasteiger partial charge on any atom is -0.493 e. The second-order valence-electron chi connectivity index (χ2n) is 6.59. The molecule has 1 aliphatic carbocycles. The molecule has 23 heavy (non-hydrogen) atoms. The average molecular weight is 310 g/mol. The van der Waals surface area contributed by atoms with Crippen molar-refractivity contribution in [3.63, 3.8) is 0 Å². The number of aryl methyl sites for hydroxylation is 1. The van der Waals surface area contributed by atoms with Gasteiger partial charge in [0.1, 0.15) is 17.4 Å². The zero-order valence-electron chi connectivity index (χ0n) is 13.5. The maximum Gasteiger partial charge on any atom is 0.134 e. The zero-order chi connectivity index (χ0) is 15.6. The Bertz CT molecular complexity index is 672. The topological polar surface area (TPSA) is 51.1 Å². The first-order valence-corrected chi connectivity index (χ1v) is 8.41. The van der Waals surface area contributed by atoms with Crippen LogP contribution in [-0.2, 0) is 0 Å². The van der Waals surface area contributed by atoms with Crippen molar-refractivity contribution in [1.29, 1.82) is 0 Å². The molecule has 5 heteroatoms. The van der Waals surface area contributed by atoms with Gasteiger partial charge >= 0.3 is 0 Å². The molecule has 1 saturated heterocycles. The Hall–Kier alpha value is -2.17. The van der Waals surface area contributed by atoms with Crippen molar-refractivity contribution >= 4 is 5.82 Å². The highest BCUT2D eigenvalue weighted by atomic mass is 16.5. The monoisotopic (exact) mass is 310 g/mol. The van der Waals surface area contributed by atoms with Crippen LogP contribution in [0.3, 0.4) is 0 Å². The summed E-state index contributed by atoms with van der Waals surface area (Å²) in [5, 5.41) is 0. The first-order chi connectivity index (χ1) is 11.3. The van der Waals surface area contributed by atoms with E-state index in [2.05, 4.69) is 27.9 Å². The Morgan fingerprint density at radius 2 is 2.00 bits per heavy atom. The van der Waals surface area contributed by atoms with Gasteiger partial charge in [0.2, 0.25) is 0 Å². The molecule has 1 atom stereocenters. The predicted molar refractivity (Wildman–Crippen MR) is 88.8 cm³/mol. The molecule has 0 aromatic carbocycles. The summed E-state index contributed by atoms with van der Waals surface area (Å²) in [6.45, 7) is 4.87. The summed E-state index contributed by atoms with van der Waals surface area (Å²) in [5.74, 6) is 4.17. The number of hydrogen-bond acceptors (Lipinski definition) is 5. The van der Waals surface area contributed by atoms with E-state index in [1.54, 1.807) is 12.4 Å². The van der Waals surface area contributed by atoms with Crippen LogP contribution in [0.4, 0.5) is 5.82 Å². The van der Waals surface area contributed by atoms with Crippen molar-refractivity contribution in [2.24, 2.45) is 5.92 Å². The Morgan fingerprint density at radius 3 is 2.78 bits per heavy atom. The van der Waals surface area contributed by atoms with E-state index in [1.807, 2.05) is 12.1 Å². The largest absolute Gasteiger partial charge is 0.493 e. The van der Waals surface area contributed by atoms with Crippen molar-refractivity contribution in [3.05, 3.63) is 42.1 Å². The fourth-order valence-electron chi connectivity index (χ4n) is 3.09. The second-order valence-corrected chi connectivity index (χ2v) is 6.59. The molecule has 0 amide bonds. The summed E-state index contributed by atoms with van der Waals surface area (Å²) in [4.78, 5) is 15.8. The summed E-state index contributed by atoms with van der Waals surface area (Å²) in [6.07, 6.45) is 7.15. The number of pyridine rings is 1. The first-order valence-electron chi connectivity index (χ1n) is 8.41. The molecular weight excluding hydrogens is 288 g/mol. The molecule has 2 aromatic rings. The third-order valence-corrected chi connectivity index (χ3v) is 4.55. The van der Waals surface area contributed by atoms with Gasteiger partial charge in [-0.2, -0.15) is 0 Å². The van der Waals surface area contributed by atoms with Crippen LogP contribution in [-0.4, -0.2) is 34.6 Å². The van der Waals surface area contributed by atoms with E-state index < -0.39 is 0 Å². The molecule has 1 aliphatic heterocycles. The smallest absolute Gasteiger partial charge is 0.134 e. The van der Waals surface area contributed by atoms with Crippen LogP contribution in [0.1, 0.15) is 36.7 Å². The fourth-order valence-corrected chi connectivity index (χ4v) is 3.09. The van der Waals surface area contributed by atoms with Gasteiger partial charge in [0.05, 0.1) is 6.61 Å². The van der Waals surface area contributed by atoms with Gasteiger partial charge in [-0.3, -0.25) is 4.98 Å². The van der Waals surface area contributed by atoms with E-state index in [1.165, 1.54) is 12.8 Å². The van der Waals surface area contributed by atoms with E-state index in [-0.39, 0.29) is 0 Å². The predicted octanol–water partition coefficient (Wildman–Crippen LogP) is 2.96. The standard InChI is InChI=1S/C18H22N4O/c1-13-10-17(21-18(20-13)15-2-3-15)22-9-6-14(11-22)12-23-16-4-7-19-8-5-16/h4-5,7-8,10,14-15H,2-3,6,9,11-12H2,1H3. The molecular formula is C18H22N4O. The number of hydrogen-bond donors (Lipinski definition) is 0. The molecule has 4 rings (SSSR count). The molecule has 1 unspecified atom stereocenters. The van der Waals surface area contributed by atoms with Gasteiger partial charge in [-0.15, -0.1) is 0 Å². The average Bonchev–Trinajstić information content (AvgIpc) is 3.32. The van der Waals surface area contributed by atoms with Gasteiger partial charge in [0.25, 0.3) is 0 Å². The SMILES string of the molecule is Cc1cc(N2CCC(COc3ccncc3)C2)nc(C2CC2)n1. The molecule has 5 nitrogen and oxygen atoms in total. The van der Waals surface area contributed by atoms with Gasteiger partial charge in [-0.25, -0.2) is 9.97 Å². The van der Waals surface area contributed by atoms with Gasteiger partial charge in [-0.05, 0) is 38.3 Å². The minimum atomic E-state index is 0.544. The summed E-state index contributed by atoms with van der Waals surface area (Å²) >= 11 is 0. The number of ether oxygens (including phenoxy) is 1. The molecule has 2 aliphatic rings. The highest BCUT2D eigenvalue weighted by molar-refractivity contribution is 5.41. The van der Waals surface area contributed by atoms with Crippen LogP contribution in [0.15, 0.2) is 30.6 Å². The maximum atomic E-state index is 5.87. The van der Waals surface area contributed by atoms with Crippen LogP contribution in [0.2, 0.25) is 0 Å². The molecule has 1 saturated carbocycles. The summed E-state index contributed by atoms with van der Waals surface area (Å²) < 4.78 is 5.87. The van der Waals surface area contributed by atoms with Crippen molar-refractivity contribution in [2.45, 2.75) is 32.1 Å². The van der Waals surface area contributed by atoms with Gasteiger partial charge < -0.3 is 9.64 Å². The maximum absolute atomic E-state index is 5.87. The lowest BCUT2D eigenvalue weighted by Crippen LogP contribution is -2.23. The van der Waals surface area contributed by atoms with E-state index in [9.17, 15) is 0 Å². The number of aromatic nitrogens is 3. The quantitative estimate of drug-likeness (QED) is 0.850. The Morgan fingerprint density at radius 1 is 1.17 bits per heavy atom. The van der Waals surface area contributed by atoms with Gasteiger partial charge in [-0.1, -0.05) is 0 Å². The van der Waals surface area contributed by atoms with Crippen molar-refractivity contribution in [3.8, 4) is 5.75 Å². The Labute approximate surface area is 136 Å². The fraction of sp³-hybridized carbons (Fsp3) is 0.500. The minimum absolute atomic E-state index is 0.544. The summed E-state index contributed by atoms with van der Waals surface area (Å²) in [5.41, 5.74) is 1.08. The number of anilines is 1. The lowest BCUT2D eigenvalue weighted by Gasteiger charge is -2.19. The molecule has 3 heterocycles. The second kappa shape index (κ2) is 6.14. The molecule has 0 radical (unpaired) electrons. The lowest BCUT2D eigenvalue weighted by molar-refractivity contribution is 0.261. The number of rotatable bonds is 5. The molecule has 2 fully saturated rings. The Kier molecular flexibility index (Phi) is 3.85. The first kappa shape index (κ1) is 14.4. The molecule has 0 spiro atoms. The number of nitrogens with zero attached hydrogens (tertiary/aromatic N) is 4. The summed E-state index contributed by atoms with van der Waals surface area (Å²) in [6, 6.07) is 5.92. The van der Waals surface area contributed by atoms with Crippen LogP contribution in [0.25, 0.3) is 0 Å². The lowest BCUT2D eigenvalue weighted by atomic mass is 10.1. The van der Waals surface area contributed by atoms with Crippen LogP contribution in [0.5, 0.6) is 5.75 Å². The normalized spacial score (nSPS) is 20.7. The Balaban J connectivity index is 1.38. The van der Waals surface area contributed by atoms with Crippen LogP contribution >= 0.6 is 0 Å². The highest BCUT2D eigenvalue weighted by Crippen LogP contribution is 2.39. The van der Waals surface area contributed by atoms with Crippen LogP contribution < -0.4 is 9.64 Å². The third-order valence-electron chi connectivity index (χ3n) is 4.55. The zero-order valence-corrected chi connectivity index (χ0v) is 13.5. The molecule has 120 valence electrons. The van der Waals surface area contributed by atoms with E-state index in [0.717, 1.165) is 49.2 Å². The molecule has 0 bridgehead atoms. The molecule has 2 aromatic heterocycles. The van der Waals surface area contributed by atoms with Crippen molar-refractivity contribution in [2.75, 3.05) is 24.6 Å². The summed E-state index contributed by atoms with van der Waals surface area (Å²) in [7, 11) is 0. The van der Waals surface area contributed by atoms with E-state index in [0.29, 0.717) is 11.8 Å². The van der Waals surface area contributed by atoms with Gasteiger partial charge in [0.15, 0.2) is 0 Å². The molecule has 0 N–H and O–H groups in total. The van der Waals surface area contributed by atoms with E-state index >= 15 is 0 Å². The third kappa shape index (κ3) is 3.44.